The van der Waals surface area contributed by atoms with Crippen LogP contribution in [-0.2, 0) is 11.3 Å². The number of nitrogen functional groups attached to an aromatic ring is 1. The van der Waals surface area contributed by atoms with E-state index < -0.39 is 0 Å². The lowest BCUT2D eigenvalue weighted by Gasteiger charge is -2.24. The SMILES string of the molecule is COCC(C)N(C)Cc1cc(N)ccc1Br. The first-order valence-electron chi connectivity index (χ1n) is 5.27. The minimum atomic E-state index is 0.387. The van der Waals surface area contributed by atoms with Crippen LogP contribution in [0, 0.1) is 0 Å². The molecular formula is C12H19BrN2O. The van der Waals surface area contributed by atoms with E-state index in [0.717, 1.165) is 23.3 Å². The third-order valence-corrected chi connectivity index (χ3v) is 3.42. The lowest BCUT2D eigenvalue weighted by Crippen LogP contribution is -2.32. The van der Waals surface area contributed by atoms with Gasteiger partial charge in [0.05, 0.1) is 6.61 Å². The third-order valence-electron chi connectivity index (χ3n) is 2.65. The number of anilines is 1. The smallest absolute Gasteiger partial charge is 0.0615 e. The summed E-state index contributed by atoms with van der Waals surface area (Å²) in [7, 11) is 3.81. The molecule has 0 bridgehead atoms. The number of nitrogens with two attached hydrogens (primary N) is 1. The standard InChI is InChI=1S/C12H19BrN2O/c1-9(8-16-3)15(2)7-10-6-11(14)4-5-12(10)13/h4-6,9H,7-8,14H2,1-3H3. The second-order valence-electron chi connectivity index (χ2n) is 4.07. The molecule has 0 saturated carbocycles. The number of nitrogens with zero attached hydrogens (tertiary/aromatic N) is 1. The van der Waals surface area contributed by atoms with Gasteiger partial charge >= 0.3 is 0 Å². The number of halogens is 1. The Bertz CT molecular complexity index is 344. The van der Waals surface area contributed by atoms with Crippen molar-refractivity contribution in [2.24, 2.45) is 0 Å². The molecule has 16 heavy (non-hydrogen) atoms. The molecule has 0 aromatic heterocycles. The molecule has 0 aliphatic carbocycles. The third kappa shape index (κ3) is 3.77. The lowest BCUT2D eigenvalue weighted by molar-refractivity contribution is 0.112. The average molecular weight is 287 g/mol. The minimum Gasteiger partial charge on any atom is -0.399 e. The second kappa shape index (κ2) is 6.23. The first-order valence-corrected chi connectivity index (χ1v) is 6.07. The number of ether oxygens (including phenoxy) is 1. The summed E-state index contributed by atoms with van der Waals surface area (Å²) in [5.74, 6) is 0. The van der Waals surface area contributed by atoms with Gasteiger partial charge in [0.2, 0.25) is 0 Å². The van der Waals surface area contributed by atoms with Crippen molar-refractivity contribution in [1.29, 1.82) is 0 Å². The number of benzene rings is 1. The lowest BCUT2D eigenvalue weighted by atomic mass is 10.2. The van der Waals surface area contributed by atoms with Crippen LogP contribution >= 0.6 is 15.9 Å². The highest BCUT2D eigenvalue weighted by molar-refractivity contribution is 9.10. The zero-order valence-corrected chi connectivity index (χ0v) is 11.6. The molecule has 90 valence electrons. The number of rotatable bonds is 5. The zero-order valence-electron chi connectivity index (χ0n) is 10.0. The van der Waals surface area contributed by atoms with Crippen LogP contribution in [0.15, 0.2) is 22.7 Å². The Hall–Kier alpha value is -0.580. The van der Waals surface area contributed by atoms with E-state index >= 15 is 0 Å². The van der Waals surface area contributed by atoms with E-state index in [9.17, 15) is 0 Å². The van der Waals surface area contributed by atoms with E-state index in [0.29, 0.717) is 6.04 Å². The first-order chi connectivity index (χ1) is 7.54. The predicted molar refractivity (Wildman–Crippen MR) is 71.4 cm³/mol. The molecule has 3 nitrogen and oxygen atoms in total. The van der Waals surface area contributed by atoms with Gasteiger partial charge in [0.1, 0.15) is 0 Å². The molecule has 0 saturated heterocycles. The van der Waals surface area contributed by atoms with Crippen molar-refractivity contribution >= 4 is 21.6 Å². The fraction of sp³-hybridized carbons (Fsp3) is 0.500. The van der Waals surface area contributed by atoms with Crippen LogP contribution in [0.1, 0.15) is 12.5 Å². The van der Waals surface area contributed by atoms with E-state index in [1.165, 1.54) is 5.56 Å². The van der Waals surface area contributed by atoms with Crippen molar-refractivity contribution in [1.82, 2.24) is 4.90 Å². The summed E-state index contributed by atoms with van der Waals surface area (Å²) in [6, 6.07) is 6.27. The van der Waals surface area contributed by atoms with Gasteiger partial charge in [-0.1, -0.05) is 15.9 Å². The van der Waals surface area contributed by atoms with Gasteiger partial charge in [0.25, 0.3) is 0 Å². The maximum absolute atomic E-state index is 5.77. The summed E-state index contributed by atoms with van der Waals surface area (Å²) >= 11 is 3.53. The van der Waals surface area contributed by atoms with Crippen molar-refractivity contribution in [2.75, 3.05) is 26.5 Å². The van der Waals surface area contributed by atoms with E-state index in [2.05, 4.69) is 34.8 Å². The summed E-state index contributed by atoms with van der Waals surface area (Å²) < 4.78 is 6.23. The topological polar surface area (TPSA) is 38.5 Å². The molecule has 1 aromatic rings. The Kier molecular flexibility index (Phi) is 5.25. The summed E-state index contributed by atoms with van der Waals surface area (Å²) in [5, 5.41) is 0. The number of likely N-dealkylation sites (N-methyl/N-ethyl adjacent to an activating group) is 1. The molecule has 0 aliphatic rings. The van der Waals surface area contributed by atoms with Crippen LogP contribution in [0.3, 0.4) is 0 Å². The number of hydrogen-bond acceptors (Lipinski definition) is 3. The van der Waals surface area contributed by atoms with E-state index in [-0.39, 0.29) is 0 Å². The molecule has 0 spiro atoms. The molecule has 1 aromatic carbocycles. The highest BCUT2D eigenvalue weighted by Gasteiger charge is 2.11. The fourth-order valence-electron chi connectivity index (χ4n) is 1.51. The normalized spacial score (nSPS) is 13.1. The zero-order chi connectivity index (χ0) is 12.1. The van der Waals surface area contributed by atoms with Crippen LogP contribution < -0.4 is 5.73 Å². The molecule has 0 radical (unpaired) electrons. The molecule has 0 aliphatic heterocycles. The summed E-state index contributed by atoms with van der Waals surface area (Å²) in [5.41, 5.74) is 7.77. The number of hydrogen-bond donors (Lipinski definition) is 1. The average Bonchev–Trinajstić information content (AvgIpc) is 2.23. The van der Waals surface area contributed by atoms with Gasteiger partial charge in [0.15, 0.2) is 0 Å². The van der Waals surface area contributed by atoms with Gasteiger partial charge in [-0.3, -0.25) is 4.90 Å². The monoisotopic (exact) mass is 286 g/mol. The van der Waals surface area contributed by atoms with Crippen molar-refractivity contribution in [3.63, 3.8) is 0 Å². The predicted octanol–water partition coefficient (Wildman–Crippen LogP) is 2.50. The van der Waals surface area contributed by atoms with Gasteiger partial charge in [-0.15, -0.1) is 0 Å². The molecule has 1 rings (SSSR count). The molecule has 1 atom stereocenters. The van der Waals surface area contributed by atoms with Crippen LogP contribution in [0.4, 0.5) is 5.69 Å². The Morgan fingerprint density at radius 3 is 2.81 bits per heavy atom. The minimum absolute atomic E-state index is 0.387. The van der Waals surface area contributed by atoms with E-state index in [1.54, 1.807) is 7.11 Å². The van der Waals surface area contributed by atoms with Crippen LogP contribution in [0.2, 0.25) is 0 Å². The van der Waals surface area contributed by atoms with Gasteiger partial charge in [0, 0.05) is 29.9 Å². The van der Waals surface area contributed by atoms with Crippen LogP contribution in [0.25, 0.3) is 0 Å². The Morgan fingerprint density at radius 2 is 2.19 bits per heavy atom. The van der Waals surface area contributed by atoms with E-state index in [4.69, 9.17) is 10.5 Å². The van der Waals surface area contributed by atoms with Gasteiger partial charge in [-0.25, -0.2) is 0 Å². The summed E-state index contributed by atoms with van der Waals surface area (Å²) in [4.78, 5) is 2.24. The summed E-state index contributed by atoms with van der Waals surface area (Å²) in [6.45, 7) is 3.73. The van der Waals surface area contributed by atoms with Gasteiger partial charge in [-0.2, -0.15) is 0 Å². The summed E-state index contributed by atoms with van der Waals surface area (Å²) in [6.07, 6.45) is 0. The van der Waals surface area contributed by atoms with Crippen LogP contribution in [0.5, 0.6) is 0 Å². The molecular weight excluding hydrogens is 268 g/mol. The van der Waals surface area contributed by atoms with Gasteiger partial charge in [-0.05, 0) is 37.7 Å². The Morgan fingerprint density at radius 1 is 1.50 bits per heavy atom. The second-order valence-corrected chi connectivity index (χ2v) is 4.92. The van der Waals surface area contributed by atoms with Crippen molar-refractivity contribution in [3.05, 3.63) is 28.2 Å². The van der Waals surface area contributed by atoms with Gasteiger partial charge < -0.3 is 10.5 Å². The highest BCUT2D eigenvalue weighted by atomic mass is 79.9. The Labute approximate surface area is 106 Å². The van der Waals surface area contributed by atoms with Crippen LogP contribution in [-0.4, -0.2) is 31.7 Å². The van der Waals surface area contributed by atoms with Crippen molar-refractivity contribution < 1.29 is 4.74 Å². The molecule has 2 N–H and O–H groups in total. The molecule has 1 unspecified atom stereocenters. The molecule has 0 heterocycles. The van der Waals surface area contributed by atoms with E-state index in [1.807, 2.05) is 18.2 Å². The molecule has 4 heteroatoms. The quantitative estimate of drug-likeness (QED) is 0.846. The van der Waals surface area contributed by atoms with Crippen molar-refractivity contribution in [3.8, 4) is 0 Å². The molecule has 0 fully saturated rings. The Balaban J connectivity index is 2.68. The highest BCUT2D eigenvalue weighted by Crippen LogP contribution is 2.21. The number of methoxy groups -OCH3 is 1. The van der Waals surface area contributed by atoms with Crippen molar-refractivity contribution in [2.45, 2.75) is 19.5 Å². The largest absolute Gasteiger partial charge is 0.399 e. The first kappa shape index (κ1) is 13.5. The fourth-order valence-corrected chi connectivity index (χ4v) is 1.88. The maximum atomic E-state index is 5.77. The molecule has 0 amide bonds. The maximum Gasteiger partial charge on any atom is 0.0615 e.